The molecule has 1 aromatic heterocycles. The zero-order valence-electron chi connectivity index (χ0n) is 11.3. The number of rotatable bonds is 6. The Labute approximate surface area is 107 Å². The van der Waals surface area contributed by atoms with E-state index in [1.54, 1.807) is 4.68 Å². The molecular weight excluding hydrogens is 230 g/mol. The van der Waals surface area contributed by atoms with Crippen molar-refractivity contribution in [2.75, 3.05) is 7.05 Å². The van der Waals surface area contributed by atoms with E-state index in [1.165, 1.54) is 0 Å². The van der Waals surface area contributed by atoms with Crippen molar-refractivity contribution in [2.45, 2.75) is 51.9 Å². The highest BCUT2D eigenvalue weighted by molar-refractivity contribution is 5.76. The van der Waals surface area contributed by atoms with Crippen molar-refractivity contribution in [1.29, 1.82) is 0 Å². The summed E-state index contributed by atoms with van der Waals surface area (Å²) in [5, 5.41) is 11.3. The van der Waals surface area contributed by atoms with Gasteiger partial charge in [0.2, 0.25) is 5.91 Å². The Balaban J connectivity index is 1.83. The molecule has 0 aromatic carbocycles. The molecule has 2 rings (SSSR count). The maximum Gasteiger partial charge on any atom is 0.244 e. The Morgan fingerprint density at radius 1 is 1.61 bits per heavy atom. The van der Waals surface area contributed by atoms with E-state index in [9.17, 15) is 4.79 Å². The summed E-state index contributed by atoms with van der Waals surface area (Å²) in [7, 11) is 1.86. The van der Waals surface area contributed by atoms with Crippen LogP contribution in [0.3, 0.4) is 0 Å². The van der Waals surface area contributed by atoms with E-state index in [0.29, 0.717) is 18.6 Å². The van der Waals surface area contributed by atoms with Crippen LogP contribution in [0.25, 0.3) is 0 Å². The van der Waals surface area contributed by atoms with Gasteiger partial charge >= 0.3 is 0 Å². The first-order valence-corrected chi connectivity index (χ1v) is 6.44. The SMILES string of the molecule is CC(C)NCc1cn(CC(=O)N(C)C2CC2)nn1. The molecule has 0 radical (unpaired) electrons. The summed E-state index contributed by atoms with van der Waals surface area (Å²) in [5.74, 6) is 0.103. The van der Waals surface area contributed by atoms with Crippen LogP contribution in [0.1, 0.15) is 32.4 Å². The van der Waals surface area contributed by atoms with Crippen LogP contribution < -0.4 is 5.32 Å². The average Bonchev–Trinajstić information content (AvgIpc) is 3.07. The van der Waals surface area contributed by atoms with Gasteiger partial charge < -0.3 is 10.2 Å². The molecule has 100 valence electrons. The number of aromatic nitrogens is 3. The molecule has 1 N–H and O–H groups in total. The lowest BCUT2D eigenvalue weighted by atomic mass is 10.3. The van der Waals surface area contributed by atoms with E-state index in [0.717, 1.165) is 18.5 Å². The van der Waals surface area contributed by atoms with Gasteiger partial charge in [-0.25, -0.2) is 4.68 Å². The van der Waals surface area contributed by atoms with Gasteiger partial charge in [-0.1, -0.05) is 19.1 Å². The summed E-state index contributed by atoms with van der Waals surface area (Å²) < 4.78 is 1.61. The lowest BCUT2D eigenvalue weighted by molar-refractivity contribution is -0.131. The van der Waals surface area contributed by atoms with Crippen molar-refractivity contribution in [3.63, 3.8) is 0 Å². The van der Waals surface area contributed by atoms with Crippen molar-refractivity contribution in [3.8, 4) is 0 Å². The molecule has 0 bridgehead atoms. The third-order valence-corrected chi connectivity index (χ3v) is 3.06. The van der Waals surface area contributed by atoms with Crippen molar-refractivity contribution >= 4 is 5.91 Å². The van der Waals surface area contributed by atoms with Crippen LogP contribution in [-0.2, 0) is 17.9 Å². The van der Waals surface area contributed by atoms with Gasteiger partial charge in [0, 0.05) is 25.7 Å². The van der Waals surface area contributed by atoms with Gasteiger partial charge in [-0.2, -0.15) is 0 Å². The van der Waals surface area contributed by atoms with Crippen molar-refractivity contribution < 1.29 is 4.79 Å². The third kappa shape index (κ3) is 3.53. The molecule has 0 atom stereocenters. The number of hydrogen-bond donors (Lipinski definition) is 1. The summed E-state index contributed by atoms with van der Waals surface area (Å²) in [6.45, 7) is 5.13. The Hall–Kier alpha value is -1.43. The number of hydrogen-bond acceptors (Lipinski definition) is 4. The predicted octanol–water partition coefficient (Wildman–Crippen LogP) is 0.397. The molecule has 6 nitrogen and oxygen atoms in total. The van der Waals surface area contributed by atoms with Gasteiger partial charge in [0.15, 0.2) is 0 Å². The van der Waals surface area contributed by atoms with E-state index in [2.05, 4.69) is 29.5 Å². The predicted molar refractivity (Wildman–Crippen MR) is 67.8 cm³/mol. The Morgan fingerprint density at radius 3 is 2.94 bits per heavy atom. The minimum atomic E-state index is 0.103. The van der Waals surface area contributed by atoms with E-state index in [1.807, 2.05) is 18.1 Å². The molecule has 1 fully saturated rings. The molecule has 0 aliphatic heterocycles. The van der Waals surface area contributed by atoms with Crippen LogP contribution in [0, 0.1) is 0 Å². The Bertz CT molecular complexity index is 410. The topological polar surface area (TPSA) is 63.1 Å². The minimum Gasteiger partial charge on any atom is -0.341 e. The van der Waals surface area contributed by atoms with Crippen LogP contribution in [0.2, 0.25) is 0 Å². The summed E-state index contributed by atoms with van der Waals surface area (Å²) in [5.41, 5.74) is 0.866. The van der Waals surface area contributed by atoms with Crippen molar-refractivity contribution in [3.05, 3.63) is 11.9 Å². The third-order valence-electron chi connectivity index (χ3n) is 3.06. The molecule has 0 unspecified atom stereocenters. The molecule has 0 spiro atoms. The number of nitrogens with zero attached hydrogens (tertiary/aromatic N) is 4. The first-order valence-electron chi connectivity index (χ1n) is 6.44. The van der Waals surface area contributed by atoms with Crippen LogP contribution in [0.5, 0.6) is 0 Å². The van der Waals surface area contributed by atoms with E-state index in [4.69, 9.17) is 0 Å². The first kappa shape index (κ1) is 13.0. The van der Waals surface area contributed by atoms with Crippen LogP contribution in [-0.4, -0.2) is 44.9 Å². The zero-order chi connectivity index (χ0) is 13.1. The fraction of sp³-hybridized carbons (Fsp3) is 0.750. The highest BCUT2D eigenvalue weighted by Gasteiger charge is 2.29. The molecule has 1 aliphatic carbocycles. The van der Waals surface area contributed by atoms with Crippen LogP contribution >= 0.6 is 0 Å². The Morgan fingerprint density at radius 2 is 2.33 bits per heavy atom. The summed E-state index contributed by atoms with van der Waals surface area (Å²) >= 11 is 0. The average molecular weight is 251 g/mol. The zero-order valence-corrected chi connectivity index (χ0v) is 11.3. The molecule has 1 aliphatic rings. The second kappa shape index (κ2) is 5.48. The van der Waals surface area contributed by atoms with Gasteiger partial charge in [-0.15, -0.1) is 5.10 Å². The molecule has 0 saturated heterocycles. The number of amides is 1. The largest absolute Gasteiger partial charge is 0.341 e. The maximum absolute atomic E-state index is 11.9. The molecule has 1 heterocycles. The maximum atomic E-state index is 11.9. The molecule has 18 heavy (non-hydrogen) atoms. The standard InChI is InChI=1S/C12H21N5O/c1-9(2)13-6-10-7-17(15-14-10)8-12(18)16(3)11-4-5-11/h7,9,11,13H,4-6,8H2,1-3H3. The van der Waals surface area contributed by atoms with Gasteiger partial charge in [-0.05, 0) is 12.8 Å². The quantitative estimate of drug-likeness (QED) is 0.795. The lowest BCUT2D eigenvalue weighted by Crippen LogP contribution is -2.32. The normalized spacial score (nSPS) is 15.1. The number of nitrogens with one attached hydrogen (secondary N) is 1. The number of carbonyl (C=O) groups is 1. The fourth-order valence-corrected chi connectivity index (χ4v) is 1.72. The smallest absolute Gasteiger partial charge is 0.244 e. The second-order valence-corrected chi connectivity index (χ2v) is 5.18. The molecule has 1 saturated carbocycles. The fourth-order valence-electron chi connectivity index (χ4n) is 1.72. The summed E-state index contributed by atoms with van der Waals surface area (Å²) in [6.07, 6.45) is 4.08. The molecule has 1 amide bonds. The number of carbonyl (C=O) groups excluding carboxylic acids is 1. The van der Waals surface area contributed by atoms with E-state index >= 15 is 0 Å². The van der Waals surface area contributed by atoms with E-state index < -0.39 is 0 Å². The van der Waals surface area contributed by atoms with Gasteiger partial charge in [0.05, 0.1) is 11.9 Å². The molecule has 6 heteroatoms. The lowest BCUT2D eigenvalue weighted by Gasteiger charge is -2.15. The monoisotopic (exact) mass is 251 g/mol. The highest BCUT2D eigenvalue weighted by Crippen LogP contribution is 2.25. The van der Waals surface area contributed by atoms with Crippen LogP contribution in [0.4, 0.5) is 0 Å². The van der Waals surface area contributed by atoms with Gasteiger partial charge in [-0.3, -0.25) is 4.79 Å². The summed E-state index contributed by atoms with van der Waals surface area (Å²) in [4.78, 5) is 13.7. The first-order chi connectivity index (χ1) is 8.56. The number of likely N-dealkylation sites (N-methyl/N-ethyl adjacent to an activating group) is 1. The molecule has 1 aromatic rings. The van der Waals surface area contributed by atoms with Crippen molar-refractivity contribution in [2.24, 2.45) is 0 Å². The Kier molecular flexibility index (Phi) is 3.96. The molecular formula is C12H21N5O. The van der Waals surface area contributed by atoms with Gasteiger partial charge in [0.25, 0.3) is 0 Å². The van der Waals surface area contributed by atoms with Crippen molar-refractivity contribution in [1.82, 2.24) is 25.2 Å². The van der Waals surface area contributed by atoms with E-state index in [-0.39, 0.29) is 12.5 Å². The van der Waals surface area contributed by atoms with Gasteiger partial charge in [0.1, 0.15) is 6.54 Å². The second-order valence-electron chi connectivity index (χ2n) is 5.18. The van der Waals surface area contributed by atoms with Crippen LogP contribution in [0.15, 0.2) is 6.20 Å². The highest BCUT2D eigenvalue weighted by atomic mass is 16.2. The summed E-state index contributed by atoms with van der Waals surface area (Å²) in [6, 6.07) is 0.862. The minimum absolute atomic E-state index is 0.103.